The third-order valence-electron chi connectivity index (χ3n) is 10.8. The lowest BCUT2D eigenvalue weighted by molar-refractivity contribution is 0.661. The van der Waals surface area contributed by atoms with Crippen molar-refractivity contribution in [3.63, 3.8) is 0 Å². The minimum atomic E-state index is -0.152. The van der Waals surface area contributed by atoms with Gasteiger partial charge in [-0.15, -0.1) is 0 Å². The average molecular weight is 612 g/mol. The molecule has 1 aromatic heterocycles. The summed E-state index contributed by atoms with van der Waals surface area (Å²) in [4.78, 5) is 0. The van der Waals surface area contributed by atoms with E-state index in [4.69, 9.17) is 0 Å². The fraction of sp³-hybridized carbons (Fsp3) is 0.0638. The van der Waals surface area contributed by atoms with Crippen molar-refractivity contribution in [1.29, 1.82) is 0 Å². The molecular formula is C47H33N. The first-order valence-electron chi connectivity index (χ1n) is 16.9. The van der Waals surface area contributed by atoms with Gasteiger partial charge in [0.15, 0.2) is 0 Å². The largest absolute Gasteiger partial charge is 0.309 e. The van der Waals surface area contributed by atoms with E-state index in [-0.39, 0.29) is 5.41 Å². The zero-order valence-electron chi connectivity index (χ0n) is 27.0. The van der Waals surface area contributed by atoms with Gasteiger partial charge < -0.3 is 4.57 Å². The Bertz CT molecular complexity index is 2670. The van der Waals surface area contributed by atoms with Crippen LogP contribution in [0.1, 0.15) is 25.0 Å². The molecule has 0 spiro atoms. The van der Waals surface area contributed by atoms with Crippen molar-refractivity contribution in [2.45, 2.75) is 19.3 Å². The van der Waals surface area contributed by atoms with E-state index in [0.29, 0.717) is 0 Å². The van der Waals surface area contributed by atoms with Crippen molar-refractivity contribution in [1.82, 2.24) is 4.57 Å². The molecule has 0 unspecified atom stereocenters. The smallest absolute Gasteiger partial charge is 0.0547 e. The number of para-hydroxylation sites is 2. The second-order valence-corrected chi connectivity index (χ2v) is 13.7. The molecule has 0 saturated heterocycles. The Morgan fingerprint density at radius 1 is 0.396 bits per heavy atom. The van der Waals surface area contributed by atoms with Crippen LogP contribution < -0.4 is 0 Å². The van der Waals surface area contributed by atoms with E-state index in [2.05, 4.69) is 182 Å². The zero-order chi connectivity index (χ0) is 32.0. The SMILES string of the molecule is CC1(C)c2cc(-c3c4ccccc4c(-c4ccccc4)c4ccccc34)ccc2-c2c1ccc1c2c2ccccc2n1-c1ccccc1. The molecule has 0 atom stereocenters. The molecule has 0 fully saturated rings. The molecule has 10 rings (SSSR count). The van der Waals surface area contributed by atoms with Gasteiger partial charge in [-0.1, -0.05) is 147 Å². The van der Waals surface area contributed by atoms with Gasteiger partial charge in [0.1, 0.15) is 0 Å². The highest BCUT2D eigenvalue weighted by atomic mass is 15.0. The molecule has 0 radical (unpaired) electrons. The van der Waals surface area contributed by atoms with Crippen LogP contribution in [-0.2, 0) is 5.41 Å². The van der Waals surface area contributed by atoms with Gasteiger partial charge in [0.2, 0.25) is 0 Å². The lowest BCUT2D eigenvalue weighted by atomic mass is 9.80. The zero-order valence-corrected chi connectivity index (χ0v) is 27.0. The molecule has 1 heteroatoms. The molecule has 8 aromatic carbocycles. The topological polar surface area (TPSA) is 4.93 Å². The van der Waals surface area contributed by atoms with Gasteiger partial charge in [-0.2, -0.15) is 0 Å². The Labute approximate surface area is 280 Å². The van der Waals surface area contributed by atoms with Crippen molar-refractivity contribution in [3.8, 4) is 39.1 Å². The molecule has 226 valence electrons. The van der Waals surface area contributed by atoms with Gasteiger partial charge in [0, 0.05) is 21.9 Å². The molecule has 48 heavy (non-hydrogen) atoms. The predicted molar refractivity (Wildman–Crippen MR) is 204 cm³/mol. The molecule has 0 amide bonds. The Balaban J connectivity index is 1.26. The Morgan fingerprint density at radius 3 is 1.58 bits per heavy atom. The van der Waals surface area contributed by atoms with Crippen LogP contribution in [0.4, 0.5) is 0 Å². The van der Waals surface area contributed by atoms with E-state index in [0.717, 1.165) is 0 Å². The number of hydrogen-bond donors (Lipinski definition) is 0. The quantitative estimate of drug-likeness (QED) is 0.175. The summed E-state index contributed by atoms with van der Waals surface area (Å²) in [5, 5.41) is 7.80. The van der Waals surface area contributed by atoms with E-state index >= 15 is 0 Å². The number of fused-ring (bicyclic) bond motifs is 9. The minimum absolute atomic E-state index is 0.152. The molecule has 0 bridgehead atoms. The first-order chi connectivity index (χ1) is 23.6. The highest BCUT2D eigenvalue weighted by molar-refractivity contribution is 6.22. The third-order valence-corrected chi connectivity index (χ3v) is 10.8. The summed E-state index contributed by atoms with van der Waals surface area (Å²) in [6.07, 6.45) is 0. The van der Waals surface area contributed by atoms with E-state index in [1.165, 1.54) is 93.5 Å². The van der Waals surface area contributed by atoms with Crippen LogP contribution in [0.25, 0.3) is 82.4 Å². The molecule has 0 N–H and O–H groups in total. The number of rotatable bonds is 3. The maximum absolute atomic E-state index is 2.49. The van der Waals surface area contributed by atoms with Crippen LogP contribution in [0, 0.1) is 0 Å². The van der Waals surface area contributed by atoms with Crippen LogP contribution in [-0.4, -0.2) is 4.57 Å². The summed E-state index contributed by atoms with van der Waals surface area (Å²) in [6, 6.07) is 60.4. The lowest BCUT2D eigenvalue weighted by Gasteiger charge is -2.23. The number of nitrogens with zero attached hydrogens (tertiary/aromatic N) is 1. The molecule has 1 heterocycles. The normalized spacial score (nSPS) is 13.4. The van der Waals surface area contributed by atoms with Gasteiger partial charge in [-0.3, -0.25) is 0 Å². The highest BCUT2D eigenvalue weighted by Crippen LogP contribution is 2.54. The Hall–Kier alpha value is -5.92. The molecule has 1 nitrogen and oxygen atoms in total. The van der Waals surface area contributed by atoms with Crippen molar-refractivity contribution in [3.05, 3.63) is 175 Å². The molecule has 1 aliphatic rings. The van der Waals surface area contributed by atoms with E-state index in [9.17, 15) is 0 Å². The summed E-state index contributed by atoms with van der Waals surface area (Å²) in [5.74, 6) is 0. The fourth-order valence-corrected chi connectivity index (χ4v) is 8.65. The summed E-state index contributed by atoms with van der Waals surface area (Å²) >= 11 is 0. The van der Waals surface area contributed by atoms with Gasteiger partial charge in [0.05, 0.1) is 11.0 Å². The van der Waals surface area contributed by atoms with E-state index in [1.807, 2.05) is 0 Å². The van der Waals surface area contributed by atoms with Gasteiger partial charge in [-0.25, -0.2) is 0 Å². The fourth-order valence-electron chi connectivity index (χ4n) is 8.65. The van der Waals surface area contributed by atoms with Gasteiger partial charge in [0.25, 0.3) is 0 Å². The average Bonchev–Trinajstić information content (AvgIpc) is 3.59. The minimum Gasteiger partial charge on any atom is -0.309 e. The maximum atomic E-state index is 2.49. The third kappa shape index (κ3) is 3.67. The number of hydrogen-bond acceptors (Lipinski definition) is 0. The van der Waals surface area contributed by atoms with Crippen LogP contribution >= 0.6 is 0 Å². The van der Waals surface area contributed by atoms with Crippen LogP contribution in [0.3, 0.4) is 0 Å². The van der Waals surface area contributed by atoms with Crippen molar-refractivity contribution < 1.29 is 0 Å². The van der Waals surface area contributed by atoms with Gasteiger partial charge >= 0.3 is 0 Å². The van der Waals surface area contributed by atoms with Gasteiger partial charge in [-0.05, 0) is 96.4 Å². The molecule has 0 aliphatic heterocycles. The van der Waals surface area contributed by atoms with E-state index in [1.54, 1.807) is 0 Å². The molecule has 1 aliphatic carbocycles. The second kappa shape index (κ2) is 10.0. The Kier molecular flexibility index (Phi) is 5.69. The first kappa shape index (κ1) is 27.2. The predicted octanol–water partition coefficient (Wildman–Crippen LogP) is 12.7. The number of aromatic nitrogens is 1. The second-order valence-electron chi connectivity index (χ2n) is 13.7. The summed E-state index contributed by atoms with van der Waals surface area (Å²) in [7, 11) is 0. The lowest BCUT2D eigenvalue weighted by Crippen LogP contribution is -2.15. The molecule has 9 aromatic rings. The van der Waals surface area contributed by atoms with E-state index < -0.39 is 0 Å². The summed E-state index contributed by atoms with van der Waals surface area (Å²) in [5.41, 5.74) is 14.2. The molecular weight excluding hydrogens is 579 g/mol. The van der Waals surface area contributed by atoms with Crippen molar-refractivity contribution in [2.75, 3.05) is 0 Å². The van der Waals surface area contributed by atoms with Crippen molar-refractivity contribution in [2.24, 2.45) is 0 Å². The Morgan fingerprint density at radius 2 is 0.938 bits per heavy atom. The monoisotopic (exact) mass is 611 g/mol. The van der Waals surface area contributed by atoms with Crippen LogP contribution in [0.5, 0.6) is 0 Å². The summed E-state index contributed by atoms with van der Waals surface area (Å²) in [6.45, 7) is 4.80. The highest BCUT2D eigenvalue weighted by Gasteiger charge is 2.38. The maximum Gasteiger partial charge on any atom is 0.0547 e. The first-order valence-corrected chi connectivity index (χ1v) is 16.9. The van der Waals surface area contributed by atoms with Crippen molar-refractivity contribution >= 4 is 43.4 Å². The van der Waals surface area contributed by atoms with Crippen LogP contribution in [0.15, 0.2) is 164 Å². The summed E-state index contributed by atoms with van der Waals surface area (Å²) < 4.78 is 2.43. The van der Waals surface area contributed by atoms with Crippen LogP contribution in [0.2, 0.25) is 0 Å². The standard InChI is InChI=1S/C47H33N/c1-47(2)39-27-28-42-46(38-23-13-14-24-41(38)48(42)32-17-7-4-8-18-32)45(39)37-26-25-31(29-40(37)47)44-35-21-11-9-19-33(35)43(30-15-5-3-6-16-30)34-20-10-12-22-36(34)44/h3-29H,1-2H3. The number of benzene rings is 8. The molecule has 0 saturated carbocycles.